The van der Waals surface area contributed by atoms with Crippen LogP contribution in [0.1, 0.15) is 26.2 Å². The molecule has 2 atom stereocenters. The zero-order valence-corrected chi connectivity index (χ0v) is 11.1. The molecule has 2 unspecified atom stereocenters. The Kier molecular flexibility index (Phi) is 3.57. The maximum atomic E-state index is 6.14. The van der Waals surface area contributed by atoms with E-state index in [4.69, 9.17) is 11.6 Å². The topological polar surface area (TPSA) is 12.0 Å². The molecule has 1 saturated carbocycles. The van der Waals surface area contributed by atoms with E-state index in [0.717, 1.165) is 21.1 Å². The second-order valence-corrected chi connectivity index (χ2v) is 5.61. The van der Waals surface area contributed by atoms with Crippen molar-refractivity contribution < 1.29 is 0 Å². The van der Waals surface area contributed by atoms with E-state index < -0.39 is 0 Å². The van der Waals surface area contributed by atoms with Crippen LogP contribution in [0.2, 0.25) is 5.02 Å². The van der Waals surface area contributed by atoms with Crippen molar-refractivity contribution in [1.29, 1.82) is 0 Å². The van der Waals surface area contributed by atoms with Gasteiger partial charge in [0.05, 0.1) is 10.7 Å². The van der Waals surface area contributed by atoms with E-state index in [1.807, 2.05) is 18.2 Å². The minimum Gasteiger partial charge on any atom is -0.381 e. The molecule has 0 amide bonds. The third-order valence-electron chi connectivity index (χ3n) is 3.13. The second-order valence-electron chi connectivity index (χ2n) is 4.28. The molecule has 1 aliphatic rings. The van der Waals surface area contributed by atoms with Gasteiger partial charge in [0.1, 0.15) is 0 Å². The molecule has 0 radical (unpaired) electrons. The lowest BCUT2D eigenvalue weighted by atomic mass is 10.1. The molecular weight excluding hydrogens is 273 g/mol. The molecule has 0 bridgehead atoms. The van der Waals surface area contributed by atoms with Gasteiger partial charge in [0.25, 0.3) is 0 Å². The van der Waals surface area contributed by atoms with Gasteiger partial charge in [-0.2, -0.15) is 0 Å². The minimum atomic E-state index is 0.580. The third-order valence-corrected chi connectivity index (χ3v) is 3.95. The summed E-state index contributed by atoms with van der Waals surface area (Å²) in [7, 11) is 0. The Balaban J connectivity index is 2.12. The van der Waals surface area contributed by atoms with Gasteiger partial charge in [0.15, 0.2) is 0 Å². The van der Waals surface area contributed by atoms with Crippen LogP contribution in [0, 0.1) is 5.92 Å². The number of hydrogen-bond donors (Lipinski definition) is 1. The number of hydrogen-bond acceptors (Lipinski definition) is 1. The van der Waals surface area contributed by atoms with Crippen LogP contribution in [0.4, 0.5) is 5.69 Å². The van der Waals surface area contributed by atoms with Crippen molar-refractivity contribution in [2.75, 3.05) is 5.32 Å². The average molecular weight is 289 g/mol. The molecular formula is C12H15BrClN. The van der Waals surface area contributed by atoms with E-state index >= 15 is 0 Å². The van der Waals surface area contributed by atoms with Crippen molar-refractivity contribution in [1.82, 2.24) is 0 Å². The van der Waals surface area contributed by atoms with Crippen molar-refractivity contribution in [3.8, 4) is 0 Å². The third kappa shape index (κ3) is 2.67. The molecule has 1 N–H and O–H groups in total. The second kappa shape index (κ2) is 4.75. The number of rotatable bonds is 2. The van der Waals surface area contributed by atoms with Gasteiger partial charge in [-0.25, -0.2) is 0 Å². The lowest BCUT2D eigenvalue weighted by Crippen LogP contribution is -2.21. The van der Waals surface area contributed by atoms with Crippen LogP contribution < -0.4 is 5.32 Å². The molecule has 0 saturated heterocycles. The van der Waals surface area contributed by atoms with Gasteiger partial charge in [0, 0.05) is 10.5 Å². The van der Waals surface area contributed by atoms with E-state index in [2.05, 4.69) is 28.2 Å². The molecule has 0 aromatic heterocycles. The zero-order valence-electron chi connectivity index (χ0n) is 8.76. The highest BCUT2D eigenvalue weighted by Crippen LogP contribution is 2.32. The number of benzene rings is 1. The van der Waals surface area contributed by atoms with Crippen molar-refractivity contribution in [2.24, 2.45) is 5.92 Å². The minimum absolute atomic E-state index is 0.580. The van der Waals surface area contributed by atoms with E-state index in [1.165, 1.54) is 19.3 Å². The van der Waals surface area contributed by atoms with Crippen molar-refractivity contribution in [3.63, 3.8) is 0 Å². The van der Waals surface area contributed by atoms with Crippen LogP contribution in [0.5, 0.6) is 0 Å². The van der Waals surface area contributed by atoms with Gasteiger partial charge in [-0.3, -0.25) is 0 Å². The molecule has 1 aliphatic carbocycles. The lowest BCUT2D eigenvalue weighted by molar-refractivity contribution is 0.556. The highest BCUT2D eigenvalue weighted by Gasteiger charge is 2.23. The van der Waals surface area contributed by atoms with Gasteiger partial charge in [0.2, 0.25) is 0 Å². The predicted molar refractivity (Wildman–Crippen MR) is 69.6 cm³/mol. The molecule has 0 spiro atoms. The predicted octanol–water partition coefficient (Wildman–Crippen LogP) is 4.70. The summed E-state index contributed by atoms with van der Waals surface area (Å²) in [4.78, 5) is 0. The maximum Gasteiger partial charge on any atom is 0.0638 e. The summed E-state index contributed by atoms with van der Waals surface area (Å²) in [6.45, 7) is 2.30. The summed E-state index contributed by atoms with van der Waals surface area (Å²) < 4.78 is 1.07. The lowest BCUT2D eigenvalue weighted by Gasteiger charge is -2.19. The summed E-state index contributed by atoms with van der Waals surface area (Å²) in [5.74, 6) is 0.750. The van der Waals surface area contributed by atoms with Gasteiger partial charge >= 0.3 is 0 Å². The molecule has 1 aromatic carbocycles. The van der Waals surface area contributed by atoms with Gasteiger partial charge in [-0.05, 0) is 37.0 Å². The molecule has 1 aromatic rings. The van der Waals surface area contributed by atoms with E-state index in [0.29, 0.717) is 6.04 Å². The number of nitrogens with one attached hydrogen (secondary N) is 1. The Morgan fingerprint density at radius 1 is 1.40 bits per heavy atom. The summed E-state index contributed by atoms with van der Waals surface area (Å²) in [6.07, 6.45) is 3.90. The molecule has 1 nitrogen and oxygen atoms in total. The molecule has 0 heterocycles. The molecule has 15 heavy (non-hydrogen) atoms. The monoisotopic (exact) mass is 287 g/mol. The van der Waals surface area contributed by atoms with Gasteiger partial charge in [-0.1, -0.05) is 40.9 Å². The van der Waals surface area contributed by atoms with Crippen LogP contribution >= 0.6 is 27.5 Å². The van der Waals surface area contributed by atoms with Crippen LogP contribution in [-0.2, 0) is 0 Å². The maximum absolute atomic E-state index is 6.14. The van der Waals surface area contributed by atoms with Crippen LogP contribution in [0.15, 0.2) is 22.7 Å². The number of halogens is 2. The van der Waals surface area contributed by atoms with Crippen LogP contribution in [0.3, 0.4) is 0 Å². The highest BCUT2D eigenvalue weighted by atomic mass is 79.9. The number of anilines is 1. The Morgan fingerprint density at radius 3 is 2.87 bits per heavy atom. The van der Waals surface area contributed by atoms with Gasteiger partial charge < -0.3 is 5.32 Å². The Labute approximate surface area is 104 Å². The highest BCUT2D eigenvalue weighted by molar-refractivity contribution is 9.10. The van der Waals surface area contributed by atoms with Gasteiger partial charge in [-0.15, -0.1) is 0 Å². The van der Waals surface area contributed by atoms with E-state index in [9.17, 15) is 0 Å². The summed E-state index contributed by atoms with van der Waals surface area (Å²) in [6, 6.07) is 6.52. The Bertz CT molecular complexity index is 353. The molecule has 3 heteroatoms. The molecule has 2 rings (SSSR count). The fraction of sp³-hybridized carbons (Fsp3) is 0.500. The fourth-order valence-electron chi connectivity index (χ4n) is 2.17. The van der Waals surface area contributed by atoms with E-state index in [1.54, 1.807) is 0 Å². The smallest absolute Gasteiger partial charge is 0.0638 e. The fourth-order valence-corrected chi connectivity index (χ4v) is 2.70. The average Bonchev–Trinajstić information content (AvgIpc) is 2.58. The largest absolute Gasteiger partial charge is 0.381 e. The normalized spacial score (nSPS) is 25.5. The van der Waals surface area contributed by atoms with Crippen molar-refractivity contribution in [3.05, 3.63) is 27.7 Å². The van der Waals surface area contributed by atoms with Crippen molar-refractivity contribution >= 4 is 33.2 Å². The first-order valence-electron chi connectivity index (χ1n) is 5.38. The summed E-state index contributed by atoms with van der Waals surface area (Å²) in [5, 5.41) is 4.34. The van der Waals surface area contributed by atoms with Crippen molar-refractivity contribution in [2.45, 2.75) is 32.2 Å². The zero-order chi connectivity index (χ0) is 10.8. The first kappa shape index (κ1) is 11.3. The summed E-state index contributed by atoms with van der Waals surface area (Å²) in [5.41, 5.74) is 1.05. The van der Waals surface area contributed by atoms with Crippen LogP contribution in [-0.4, -0.2) is 6.04 Å². The Hall–Kier alpha value is -0.210. The standard InChI is InChI=1S/C12H15BrClN/c1-8-3-2-4-11(8)15-12-7-9(13)5-6-10(12)14/h5-8,11,15H,2-4H2,1H3. The molecule has 0 aliphatic heterocycles. The first-order chi connectivity index (χ1) is 7.16. The Morgan fingerprint density at radius 2 is 2.20 bits per heavy atom. The van der Waals surface area contributed by atoms with E-state index in [-0.39, 0.29) is 0 Å². The molecule has 1 fully saturated rings. The first-order valence-corrected chi connectivity index (χ1v) is 6.55. The van der Waals surface area contributed by atoms with Crippen LogP contribution in [0.25, 0.3) is 0 Å². The molecule has 82 valence electrons. The SMILES string of the molecule is CC1CCCC1Nc1cc(Br)ccc1Cl. The quantitative estimate of drug-likeness (QED) is 0.831. The summed E-state index contributed by atoms with van der Waals surface area (Å²) >= 11 is 9.60.